The maximum Gasteiger partial charge on any atom is 0.336 e. The highest BCUT2D eigenvalue weighted by Crippen LogP contribution is 2.38. The molecule has 2 aliphatic rings. The predicted molar refractivity (Wildman–Crippen MR) is 73.2 cm³/mol. The summed E-state index contributed by atoms with van der Waals surface area (Å²) in [6, 6.07) is 3.73. The number of carbonyl (C=O) groups is 1. The minimum Gasteiger partial charge on any atom is -0.490 e. The normalized spacial score (nSPS) is 21.9. The third-order valence-electron chi connectivity index (χ3n) is 3.52. The number of halogens is 1. The molecule has 0 amide bonds. The third-order valence-corrected chi connectivity index (χ3v) is 4.18. The first-order chi connectivity index (χ1) is 9.16. The van der Waals surface area contributed by atoms with Gasteiger partial charge in [0.1, 0.15) is 12.4 Å². The number of hydrogen-bond donors (Lipinski definition) is 1. The number of carboxylic acids is 1. The summed E-state index contributed by atoms with van der Waals surface area (Å²) in [5.41, 5.74) is 1.11. The molecule has 1 unspecified atom stereocenters. The van der Waals surface area contributed by atoms with Crippen molar-refractivity contribution in [1.82, 2.24) is 0 Å². The Morgan fingerprint density at radius 2 is 2.26 bits per heavy atom. The van der Waals surface area contributed by atoms with Crippen LogP contribution in [0, 0.1) is 0 Å². The van der Waals surface area contributed by atoms with E-state index in [1.54, 1.807) is 12.1 Å². The first-order valence-corrected chi connectivity index (χ1v) is 7.00. The molecule has 1 N–H and O–H groups in total. The molecule has 0 aromatic heterocycles. The Labute approximate surface area is 119 Å². The van der Waals surface area contributed by atoms with Crippen molar-refractivity contribution in [2.75, 3.05) is 31.3 Å². The van der Waals surface area contributed by atoms with E-state index in [0.29, 0.717) is 23.7 Å². The van der Waals surface area contributed by atoms with E-state index in [9.17, 15) is 9.90 Å². The fourth-order valence-electron chi connectivity index (χ4n) is 2.57. The minimum atomic E-state index is -0.942. The predicted octanol–water partition coefficient (Wildman–Crippen LogP) is 2.13. The summed E-state index contributed by atoms with van der Waals surface area (Å²) in [5, 5.41) is 9.20. The molecule has 1 saturated heterocycles. The van der Waals surface area contributed by atoms with Crippen LogP contribution in [-0.2, 0) is 4.74 Å². The van der Waals surface area contributed by atoms with Gasteiger partial charge < -0.3 is 19.5 Å². The van der Waals surface area contributed by atoms with Gasteiger partial charge in [0.25, 0.3) is 0 Å². The third kappa shape index (κ3) is 2.30. The lowest BCUT2D eigenvalue weighted by molar-refractivity contribution is 0.0696. The van der Waals surface area contributed by atoms with Gasteiger partial charge in [-0.15, -0.1) is 0 Å². The van der Waals surface area contributed by atoms with Gasteiger partial charge in [0.2, 0.25) is 0 Å². The smallest absolute Gasteiger partial charge is 0.336 e. The molecular formula is C13H14BrNO4. The van der Waals surface area contributed by atoms with Gasteiger partial charge >= 0.3 is 5.97 Å². The average molecular weight is 328 g/mol. The first kappa shape index (κ1) is 12.7. The van der Waals surface area contributed by atoms with E-state index < -0.39 is 5.97 Å². The molecule has 6 heteroatoms. The highest BCUT2D eigenvalue weighted by atomic mass is 79.9. The zero-order chi connectivity index (χ0) is 13.4. The molecule has 2 heterocycles. The van der Waals surface area contributed by atoms with Crippen LogP contribution in [0.25, 0.3) is 0 Å². The molecule has 1 aromatic carbocycles. The van der Waals surface area contributed by atoms with Gasteiger partial charge in [0.05, 0.1) is 30.4 Å². The van der Waals surface area contributed by atoms with Crippen LogP contribution in [0.1, 0.15) is 16.8 Å². The van der Waals surface area contributed by atoms with E-state index in [4.69, 9.17) is 9.47 Å². The summed E-state index contributed by atoms with van der Waals surface area (Å²) in [5.74, 6) is -0.210. The van der Waals surface area contributed by atoms with Crippen molar-refractivity contribution in [2.24, 2.45) is 0 Å². The molecule has 102 valence electrons. The molecule has 1 fully saturated rings. The number of rotatable bonds is 2. The fraction of sp³-hybridized carbons (Fsp3) is 0.462. The number of nitrogens with zero attached hydrogens (tertiary/aromatic N) is 1. The molecule has 1 atom stereocenters. The van der Waals surface area contributed by atoms with Crippen LogP contribution in [0.4, 0.5) is 5.69 Å². The molecule has 0 aliphatic carbocycles. The highest BCUT2D eigenvalue weighted by Gasteiger charge is 2.29. The number of anilines is 1. The van der Waals surface area contributed by atoms with Crippen molar-refractivity contribution in [3.63, 3.8) is 0 Å². The summed E-state index contributed by atoms with van der Waals surface area (Å²) >= 11 is 3.28. The van der Waals surface area contributed by atoms with Gasteiger partial charge in [-0.05, 0) is 34.5 Å². The molecule has 2 aliphatic heterocycles. The van der Waals surface area contributed by atoms with Gasteiger partial charge in [0.15, 0.2) is 0 Å². The van der Waals surface area contributed by atoms with E-state index >= 15 is 0 Å². The molecule has 5 nitrogen and oxygen atoms in total. The average Bonchev–Trinajstić information content (AvgIpc) is 2.90. The summed E-state index contributed by atoms with van der Waals surface area (Å²) < 4.78 is 11.6. The topological polar surface area (TPSA) is 59.0 Å². The number of hydrogen-bond acceptors (Lipinski definition) is 4. The van der Waals surface area contributed by atoms with Crippen molar-refractivity contribution in [2.45, 2.75) is 12.5 Å². The number of ether oxygens (including phenoxy) is 2. The second kappa shape index (κ2) is 5.02. The highest BCUT2D eigenvalue weighted by molar-refractivity contribution is 9.10. The van der Waals surface area contributed by atoms with Crippen LogP contribution in [-0.4, -0.2) is 43.5 Å². The van der Waals surface area contributed by atoms with Crippen molar-refractivity contribution in [1.29, 1.82) is 0 Å². The van der Waals surface area contributed by atoms with E-state index in [0.717, 1.165) is 31.0 Å². The molecular weight excluding hydrogens is 314 g/mol. The van der Waals surface area contributed by atoms with Crippen molar-refractivity contribution >= 4 is 27.6 Å². The second-order valence-corrected chi connectivity index (χ2v) is 5.52. The maximum absolute atomic E-state index is 11.2. The Hall–Kier alpha value is -1.27. The van der Waals surface area contributed by atoms with E-state index in [-0.39, 0.29) is 5.56 Å². The van der Waals surface area contributed by atoms with Gasteiger partial charge in [0, 0.05) is 11.1 Å². The Morgan fingerprint density at radius 3 is 2.95 bits per heavy atom. The summed E-state index contributed by atoms with van der Waals surface area (Å²) in [7, 11) is 0. The Morgan fingerprint density at radius 1 is 1.42 bits per heavy atom. The van der Waals surface area contributed by atoms with E-state index in [1.165, 1.54) is 0 Å². The van der Waals surface area contributed by atoms with Crippen molar-refractivity contribution in [3.8, 4) is 5.75 Å². The second-order valence-electron chi connectivity index (χ2n) is 4.66. The number of benzene rings is 1. The molecule has 19 heavy (non-hydrogen) atoms. The van der Waals surface area contributed by atoms with Gasteiger partial charge in [-0.2, -0.15) is 0 Å². The Bertz CT molecular complexity index is 514. The molecule has 0 bridgehead atoms. The van der Waals surface area contributed by atoms with Crippen LogP contribution >= 0.6 is 15.9 Å². The quantitative estimate of drug-likeness (QED) is 0.901. The van der Waals surface area contributed by atoms with Crippen LogP contribution in [0.3, 0.4) is 0 Å². The number of aromatic carboxylic acids is 1. The number of fused-ring (bicyclic) bond motifs is 1. The lowest BCUT2D eigenvalue weighted by Crippen LogP contribution is -2.41. The maximum atomic E-state index is 11.2. The van der Waals surface area contributed by atoms with Crippen LogP contribution in [0.15, 0.2) is 16.6 Å². The van der Waals surface area contributed by atoms with Crippen LogP contribution in [0.2, 0.25) is 0 Å². The molecule has 0 saturated carbocycles. The summed E-state index contributed by atoms with van der Waals surface area (Å²) in [4.78, 5) is 13.4. The lowest BCUT2D eigenvalue weighted by Gasteiger charge is -2.35. The van der Waals surface area contributed by atoms with Crippen molar-refractivity contribution in [3.05, 3.63) is 22.2 Å². The zero-order valence-corrected chi connectivity index (χ0v) is 11.9. The summed E-state index contributed by atoms with van der Waals surface area (Å²) in [6.07, 6.45) is 0.970. The Balaban J connectivity index is 2.02. The number of carboxylic acid groups (broad SMARTS) is 1. The standard InChI is InChI=1S/C13H14BrNO4/c14-10-6-12-11(5-9(10)13(16)17)15(2-4-19-12)8-1-3-18-7-8/h5-6,8H,1-4,7H2,(H,16,17). The van der Waals surface area contributed by atoms with Crippen LogP contribution in [0.5, 0.6) is 5.75 Å². The molecule has 3 rings (SSSR count). The van der Waals surface area contributed by atoms with E-state index in [1.807, 2.05) is 0 Å². The van der Waals surface area contributed by atoms with E-state index in [2.05, 4.69) is 20.8 Å². The van der Waals surface area contributed by atoms with Crippen LogP contribution < -0.4 is 9.64 Å². The lowest BCUT2D eigenvalue weighted by atomic mass is 10.1. The molecule has 0 spiro atoms. The molecule has 1 aromatic rings. The summed E-state index contributed by atoms with van der Waals surface area (Å²) in [6.45, 7) is 2.83. The molecule has 0 radical (unpaired) electrons. The Kier molecular flexibility index (Phi) is 3.36. The van der Waals surface area contributed by atoms with Gasteiger partial charge in [-0.3, -0.25) is 0 Å². The SMILES string of the molecule is O=C(O)c1cc2c(cc1Br)OCCN2C1CCOC1. The fourth-order valence-corrected chi connectivity index (χ4v) is 3.06. The zero-order valence-electron chi connectivity index (χ0n) is 10.3. The minimum absolute atomic E-state index is 0.258. The largest absolute Gasteiger partial charge is 0.490 e. The monoisotopic (exact) mass is 327 g/mol. The van der Waals surface area contributed by atoms with Gasteiger partial charge in [-0.25, -0.2) is 4.79 Å². The van der Waals surface area contributed by atoms with Gasteiger partial charge in [-0.1, -0.05) is 0 Å². The first-order valence-electron chi connectivity index (χ1n) is 6.21. The van der Waals surface area contributed by atoms with Crippen molar-refractivity contribution < 1.29 is 19.4 Å².